The molecule has 0 bridgehead atoms. The molecule has 2 aromatic rings. The first kappa shape index (κ1) is 16.0. The Morgan fingerprint density at radius 3 is 2.38 bits per heavy atom. The lowest BCUT2D eigenvalue weighted by molar-refractivity contribution is 0.0695. The molecule has 2 N–H and O–H groups in total. The fourth-order valence-corrected chi connectivity index (χ4v) is 2.52. The van der Waals surface area contributed by atoms with Crippen molar-refractivity contribution in [3.63, 3.8) is 0 Å². The van der Waals surface area contributed by atoms with Crippen LogP contribution in [0.3, 0.4) is 0 Å². The SMILES string of the molecule is O=C(Nc1ccc(Br)c(C(=O)O)c1)c1ccc(Cl)c(Br)c1. The lowest BCUT2D eigenvalue weighted by Crippen LogP contribution is -2.12. The van der Waals surface area contributed by atoms with Crippen molar-refractivity contribution < 1.29 is 14.7 Å². The van der Waals surface area contributed by atoms with Gasteiger partial charge in [0.25, 0.3) is 5.91 Å². The molecule has 0 aliphatic rings. The van der Waals surface area contributed by atoms with Crippen molar-refractivity contribution in [1.82, 2.24) is 0 Å². The third-order valence-corrected chi connectivity index (χ3v) is 4.54. The molecule has 4 nitrogen and oxygen atoms in total. The van der Waals surface area contributed by atoms with Gasteiger partial charge in [0.15, 0.2) is 0 Å². The second-order valence-corrected chi connectivity index (χ2v) is 6.20. The fourth-order valence-electron chi connectivity index (χ4n) is 1.61. The number of halogens is 3. The number of hydrogen-bond acceptors (Lipinski definition) is 2. The van der Waals surface area contributed by atoms with Gasteiger partial charge in [0, 0.05) is 20.2 Å². The van der Waals surface area contributed by atoms with Crippen molar-refractivity contribution >= 4 is 61.0 Å². The quantitative estimate of drug-likeness (QED) is 0.730. The summed E-state index contributed by atoms with van der Waals surface area (Å²) in [4.78, 5) is 23.2. The van der Waals surface area contributed by atoms with Gasteiger partial charge in [-0.1, -0.05) is 11.6 Å². The van der Waals surface area contributed by atoms with Gasteiger partial charge >= 0.3 is 5.97 Å². The monoisotopic (exact) mass is 431 g/mol. The first-order chi connectivity index (χ1) is 9.88. The Morgan fingerprint density at radius 1 is 1.05 bits per heavy atom. The molecule has 21 heavy (non-hydrogen) atoms. The maximum Gasteiger partial charge on any atom is 0.336 e. The molecule has 0 saturated heterocycles. The van der Waals surface area contributed by atoms with E-state index < -0.39 is 5.97 Å². The number of anilines is 1. The number of carboxylic acids is 1. The van der Waals surface area contributed by atoms with Crippen LogP contribution in [0.2, 0.25) is 5.02 Å². The minimum atomic E-state index is -1.08. The molecule has 0 spiro atoms. The van der Waals surface area contributed by atoms with Crippen LogP contribution in [0.4, 0.5) is 5.69 Å². The van der Waals surface area contributed by atoms with E-state index in [1.54, 1.807) is 30.3 Å². The predicted molar refractivity (Wildman–Crippen MR) is 88.2 cm³/mol. The summed E-state index contributed by atoms with van der Waals surface area (Å²) < 4.78 is 1.06. The highest BCUT2D eigenvalue weighted by Crippen LogP contribution is 2.25. The van der Waals surface area contributed by atoms with Gasteiger partial charge in [-0.3, -0.25) is 4.79 Å². The zero-order valence-corrected chi connectivity index (χ0v) is 14.3. The number of rotatable bonds is 3. The number of nitrogens with one attached hydrogen (secondary N) is 1. The summed E-state index contributed by atoms with van der Waals surface area (Å²) >= 11 is 12.3. The summed E-state index contributed by atoms with van der Waals surface area (Å²) in [6, 6.07) is 9.34. The van der Waals surface area contributed by atoms with E-state index in [4.69, 9.17) is 16.7 Å². The number of carbonyl (C=O) groups excluding carboxylic acids is 1. The normalized spacial score (nSPS) is 10.2. The number of carboxylic acid groups (broad SMARTS) is 1. The van der Waals surface area contributed by atoms with Gasteiger partial charge in [-0.2, -0.15) is 0 Å². The highest BCUT2D eigenvalue weighted by atomic mass is 79.9. The van der Waals surface area contributed by atoms with Crippen molar-refractivity contribution in [2.24, 2.45) is 0 Å². The average Bonchev–Trinajstić information content (AvgIpc) is 2.43. The van der Waals surface area contributed by atoms with E-state index in [1.807, 2.05) is 0 Å². The van der Waals surface area contributed by atoms with Crippen LogP contribution in [0.15, 0.2) is 45.3 Å². The Kier molecular flexibility index (Phi) is 5.03. The van der Waals surface area contributed by atoms with E-state index in [1.165, 1.54) is 6.07 Å². The molecule has 0 radical (unpaired) electrons. The van der Waals surface area contributed by atoms with E-state index in [0.717, 1.165) is 0 Å². The molecular formula is C14H8Br2ClNO3. The number of hydrogen-bond donors (Lipinski definition) is 2. The molecule has 0 atom stereocenters. The number of amides is 1. The standard InChI is InChI=1S/C14H8Br2ClNO3/c15-10-3-2-8(6-9(10)14(20)21)18-13(19)7-1-4-12(17)11(16)5-7/h1-6H,(H,18,19)(H,20,21). The van der Waals surface area contributed by atoms with Crippen LogP contribution in [-0.2, 0) is 0 Å². The van der Waals surface area contributed by atoms with Crippen LogP contribution in [0, 0.1) is 0 Å². The van der Waals surface area contributed by atoms with Gasteiger partial charge in [-0.15, -0.1) is 0 Å². The minimum absolute atomic E-state index is 0.0742. The van der Waals surface area contributed by atoms with Gasteiger partial charge < -0.3 is 10.4 Å². The number of aromatic carboxylic acids is 1. The summed E-state index contributed by atoms with van der Waals surface area (Å²) in [6.45, 7) is 0. The summed E-state index contributed by atoms with van der Waals surface area (Å²) in [7, 11) is 0. The van der Waals surface area contributed by atoms with Gasteiger partial charge in [0.05, 0.1) is 10.6 Å². The minimum Gasteiger partial charge on any atom is -0.478 e. The van der Waals surface area contributed by atoms with E-state index in [-0.39, 0.29) is 11.5 Å². The second kappa shape index (κ2) is 6.60. The zero-order chi connectivity index (χ0) is 15.6. The Labute approximate surface area is 142 Å². The predicted octanol–water partition coefficient (Wildman–Crippen LogP) is 4.82. The van der Waals surface area contributed by atoms with Crippen molar-refractivity contribution in [3.8, 4) is 0 Å². The molecule has 0 fully saturated rings. The van der Waals surface area contributed by atoms with Gasteiger partial charge in [0.2, 0.25) is 0 Å². The largest absolute Gasteiger partial charge is 0.478 e. The molecular weight excluding hydrogens is 425 g/mol. The highest BCUT2D eigenvalue weighted by Gasteiger charge is 2.12. The first-order valence-corrected chi connectivity index (χ1v) is 7.64. The molecule has 1 amide bonds. The molecule has 108 valence electrons. The third-order valence-electron chi connectivity index (χ3n) is 2.64. The smallest absolute Gasteiger partial charge is 0.336 e. The van der Waals surface area contributed by atoms with Crippen LogP contribution in [0.5, 0.6) is 0 Å². The second-order valence-electron chi connectivity index (χ2n) is 4.08. The average molecular weight is 433 g/mol. The van der Waals surface area contributed by atoms with E-state index in [9.17, 15) is 9.59 Å². The summed E-state index contributed by atoms with van der Waals surface area (Å²) in [5.41, 5.74) is 0.878. The fraction of sp³-hybridized carbons (Fsp3) is 0. The lowest BCUT2D eigenvalue weighted by Gasteiger charge is -2.08. The highest BCUT2D eigenvalue weighted by molar-refractivity contribution is 9.10. The molecule has 2 rings (SSSR count). The van der Waals surface area contributed by atoms with E-state index >= 15 is 0 Å². The molecule has 2 aromatic carbocycles. The Hall–Kier alpha value is -1.37. The number of carbonyl (C=O) groups is 2. The summed E-state index contributed by atoms with van der Waals surface area (Å²) in [5.74, 6) is -1.43. The third kappa shape index (κ3) is 3.84. The molecule has 0 heterocycles. The van der Waals surface area contributed by atoms with Gasteiger partial charge in [-0.25, -0.2) is 4.79 Å². The van der Waals surface area contributed by atoms with E-state index in [2.05, 4.69) is 37.2 Å². The van der Waals surface area contributed by atoms with Crippen molar-refractivity contribution in [3.05, 3.63) is 61.5 Å². The summed E-state index contributed by atoms with van der Waals surface area (Å²) in [5, 5.41) is 12.2. The van der Waals surface area contributed by atoms with Crippen LogP contribution in [0.1, 0.15) is 20.7 Å². The first-order valence-electron chi connectivity index (χ1n) is 5.67. The van der Waals surface area contributed by atoms with Crippen molar-refractivity contribution in [2.45, 2.75) is 0 Å². The van der Waals surface area contributed by atoms with Crippen molar-refractivity contribution in [1.29, 1.82) is 0 Å². The molecule has 0 saturated carbocycles. The van der Waals surface area contributed by atoms with E-state index in [0.29, 0.717) is 25.2 Å². The Morgan fingerprint density at radius 2 is 1.76 bits per heavy atom. The maximum atomic E-state index is 12.1. The van der Waals surface area contributed by atoms with Crippen molar-refractivity contribution in [2.75, 3.05) is 5.32 Å². The zero-order valence-electron chi connectivity index (χ0n) is 10.4. The van der Waals surface area contributed by atoms with Crippen LogP contribution in [0.25, 0.3) is 0 Å². The molecule has 0 aliphatic carbocycles. The van der Waals surface area contributed by atoms with Crippen LogP contribution in [-0.4, -0.2) is 17.0 Å². The van der Waals surface area contributed by atoms with Gasteiger partial charge in [-0.05, 0) is 68.3 Å². The van der Waals surface area contributed by atoms with Crippen LogP contribution < -0.4 is 5.32 Å². The molecule has 7 heteroatoms. The van der Waals surface area contributed by atoms with Crippen LogP contribution >= 0.6 is 43.5 Å². The molecule has 0 aromatic heterocycles. The topological polar surface area (TPSA) is 66.4 Å². The number of benzene rings is 2. The Balaban J connectivity index is 2.25. The Bertz CT molecular complexity index is 734. The van der Waals surface area contributed by atoms with Gasteiger partial charge in [0.1, 0.15) is 0 Å². The lowest BCUT2D eigenvalue weighted by atomic mass is 10.1. The summed E-state index contributed by atoms with van der Waals surface area (Å²) in [6.07, 6.45) is 0. The maximum absolute atomic E-state index is 12.1. The molecule has 0 unspecified atom stereocenters. The molecule has 0 aliphatic heterocycles.